The molecule has 0 saturated carbocycles. The van der Waals surface area contributed by atoms with E-state index in [2.05, 4.69) is 48.9 Å². The van der Waals surface area contributed by atoms with E-state index in [9.17, 15) is 5.11 Å². The average molecular weight is 385 g/mol. The normalized spacial score (nSPS) is 35.0. The summed E-state index contributed by atoms with van der Waals surface area (Å²) < 4.78 is 12.7. The summed E-state index contributed by atoms with van der Waals surface area (Å²) in [5.41, 5.74) is 2.60. The maximum Gasteiger partial charge on any atom is 0.165 e. The quantitative estimate of drug-likeness (QED) is 0.762. The van der Waals surface area contributed by atoms with Crippen LogP contribution in [0.1, 0.15) is 31.4 Å². The molecule has 2 bridgehead atoms. The van der Waals surface area contributed by atoms with Gasteiger partial charge in [0.25, 0.3) is 0 Å². The van der Waals surface area contributed by atoms with E-state index in [1.165, 1.54) is 11.1 Å². The predicted octanol–water partition coefficient (Wildman–Crippen LogP) is 2.21. The van der Waals surface area contributed by atoms with Gasteiger partial charge >= 0.3 is 0 Å². The lowest BCUT2D eigenvalue weighted by atomic mass is 9.53. The molecule has 1 spiro atoms. The molecule has 28 heavy (non-hydrogen) atoms. The van der Waals surface area contributed by atoms with Crippen LogP contribution in [0, 0.1) is 5.92 Å². The highest BCUT2D eigenvalue weighted by atomic mass is 16.5. The van der Waals surface area contributed by atoms with Gasteiger partial charge in [0, 0.05) is 29.5 Å². The topological polar surface area (TPSA) is 45.2 Å². The van der Waals surface area contributed by atoms with Crippen LogP contribution in [0.4, 0.5) is 0 Å². The minimum atomic E-state index is -0.554. The number of rotatable bonds is 6. The van der Waals surface area contributed by atoms with Crippen molar-refractivity contribution in [2.24, 2.45) is 5.92 Å². The first-order valence-electron chi connectivity index (χ1n) is 10.8. The summed E-state index contributed by atoms with van der Waals surface area (Å²) in [7, 11) is 2.23. The third-order valence-corrected chi connectivity index (χ3v) is 7.69. The fraction of sp³-hybridized carbons (Fsp3) is 0.652. The van der Waals surface area contributed by atoms with E-state index in [0.29, 0.717) is 18.6 Å². The molecule has 5 atom stereocenters. The van der Waals surface area contributed by atoms with E-state index >= 15 is 0 Å². The van der Waals surface area contributed by atoms with Gasteiger partial charge in [-0.15, -0.1) is 0 Å². The number of nitrogens with zero attached hydrogens (tertiary/aromatic N) is 2. The van der Waals surface area contributed by atoms with Crippen LogP contribution in [0.25, 0.3) is 0 Å². The number of aliphatic hydroxyl groups excluding tert-OH is 1. The van der Waals surface area contributed by atoms with Crippen LogP contribution < -0.4 is 9.47 Å². The second-order valence-corrected chi connectivity index (χ2v) is 8.78. The minimum absolute atomic E-state index is 0.105. The Morgan fingerprint density at radius 2 is 2.11 bits per heavy atom. The molecule has 2 heterocycles. The maximum absolute atomic E-state index is 10.8. The predicted molar refractivity (Wildman–Crippen MR) is 109 cm³/mol. The number of ether oxygens (including phenoxy) is 2. The molecule has 1 saturated heterocycles. The monoisotopic (exact) mass is 384 g/mol. The van der Waals surface area contributed by atoms with Crippen LogP contribution >= 0.6 is 0 Å². The molecule has 2 aliphatic heterocycles. The van der Waals surface area contributed by atoms with Crippen molar-refractivity contribution in [1.82, 2.24) is 9.80 Å². The zero-order valence-electron chi connectivity index (χ0n) is 17.2. The zero-order valence-corrected chi connectivity index (χ0v) is 17.2. The first kappa shape index (κ1) is 18.5. The van der Waals surface area contributed by atoms with Gasteiger partial charge in [-0.05, 0) is 51.2 Å². The Hall–Kier alpha value is -1.56. The molecule has 1 aromatic carbocycles. The van der Waals surface area contributed by atoms with Crippen LogP contribution in [0.15, 0.2) is 24.3 Å². The Morgan fingerprint density at radius 3 is 2.89 bits per heavy atom. The van der Waals surface area contributed by atoms with Crippen molar-refractivity contribution in [3.05, 3.63) is 35.4 Å². The number of aliphatic hydroxyl groups is 1. The first-order valence-corrected chi connectivity index (χ1v) is 10.8. The molecule has 5 nitrogen and oxygen atoms in total. The van der Waals surface area contributed by atoms with Gasteiger partial charge in [0.15, 0.2) is 11.5 Å². The molecular weight excluding hydrogens is 352 g/mol. The summed E-state index contributed by atoms with van der Waals surface area (Å²) in [6.07, 6.45) is 5.54. The molecule has 0 aromatic heterocycles. The van der Waals surface area contributed by atoms with Crippen LogP contribution in [0.2, 0.25) is 0 Å². The molecule has 2 aliphatic carbocycles. The van der Waals surface area contributed by atoms with Crippen LogP contribution in [0.5, 0.6) is 11.5 Å². The van der Waals surface area contributed by atoms with E-state index in [1.54, 1.807) is 0 Å². The van der Waals surface area contributed by atoms with Crippen molar-refractivity contribution in [3.63, 3.8) is 0 Å². The van der Waals surface area contributed by atoms with Crippen molar-refractivity contribution in [1.29, 1.82) is 0 Å². The van der Waals surface area contributed by atoms with E-state index in [4.69, 9.17) is 9.47 Å². The smallest absolute Gasteiger partial charge is 0.165 e. The third kappa shape index (κ3) is 2.42. The number of benzene rings is 1. The Kier molecular flexibility index (Phi) is 4.45. The lowest BCUT2D eigenvalue weighted by Gasteiger charge is -2.56. The number of piperidine rings is 1. The molecule has 1 N–H and O–H groups in total. The largest absolute Gasteiger partial charge is 0.488 e. The van der Waals surface area contributed by atoms with Crippen molar-refractivity contribution in [2.75, 3.05) is 39.8 Å². The molecule has 0 amide bonds. The summed E-state index contributed by atoms with van der Waals surface area (Å²) in [6, 6.07) is 4.81. The second kappa shape index (κ2) is 6.75. The highest BCUT2D eigenvalue weighted by molar-refractivity contribution is 5.62. The van der Waals surface area contributed by atoms with Crippen LogP contribution in [-0.2, 0) is 11.8 Å². The lowest BCUT2D eigenvalue weighted by molar-refractivity contribution is -0.0454. The standard InChI is InChI=1S/C23H32N2O3/c1-4-25(5-2)12-13-27-19-9-6-15-14-17-16-7-8-18(26)22-23(16,10-11-24(17)3)20(15)21(19)28-22/h6-9,16-18,22,26H,4-5,10-14H2,1-3H3/t16-,17+,18-,22-,23-/m0/s1. The van der Waals surface area contributed by atoms with Gasteiger partial charge in [-0.1, -0.05) is 32.1 Å². The molecule has 0 radical (unpaired) electrons. The summed E-state index contributed by atoms with van der Waals surface area (Å²) in [4.78, 5) is 4.85. The van der Waals surface area contributed by atoms with Crippen LogP contribution in [-0.4, -0.2) is 73.0 Å². The molecule has 0 unspecified atom stereocenters. The molecule has 1 aromatic rings. The average Bonchev–Trinajstić information content (AvgIpc) is 3.06. The Balaban J connectivity index is 1.52. The van der Waals surface area contributed by atoms with Crippen LogP contribution in [0.3, 0.4) is 0 Å². The van der Waals surface area contributed by atoms with Gasteiger partial charge in [0.2, 0.25) is 0 Å². The maximum atomic E-state index is 10.8. The summed E-state index contributed by atoms with van der Waals surface area (Å²) in [6.45, 7) is 9.05. The van der Waals surface area contributed by atoms with Gasteiger partial charge < -0.3 is 24.4 Å². The second-order valence-electron chi connectivity index (χ2n) is 8.78. The number of hydrogen-bond acceptors (Lipinski definition) is 5. The number of likely N-dealkylation sites (N-methyl/N-ethyl adjacent to an activating group) is 2. The molecule has 5 rings (SSSR count). The molecule has 152 valence electrons. The van der Waals surface area contributed by atoms with Gasteiger partial charge in [0.1, 0.15) is 18.8 Å². The number of likely N-dealkylation sites (tertiary alicyclic amines) is 1. The van der Waals surface area contributed by atoms with Gasteiger partial charge in [0.05, 0.1) is 0 Å². The van der Waals surface area contributed by atoms with Gasteiger partial charge in [-0.2, -0.15) is 0 Å². The molecule has 1 fully saturated rings. The van der Waals surface area contributed by atoms with E-state index < -0.39 is 6.10 Å². The lowest BCUT2D eigenvalue weighted by Crippen LogP contribution is -2.64. The highest BCUT2D eigenvalue weighted by Gasteiger charge is 2.64. The zero-order chi connectivity index (χ0) is 19.5. The summed E-state index contributed by atoms with van der Waals surface area (Å²) in [5.74, 6) is 2.15. The van der Waals surface area contributed by atoms with Crippen molar-refractivity contribution in [3.8, 4) is 11.5 Å². The van der Waals surface area contributed by atoms with E-state index in [-0.39, 0.29) is 11.5 Å². The molecule has 5 heteroatoms. The molecule has 4 aliphatic rings. The Labute approximate surface area is 167 Å². The summed E-state index contributed by atoms with van der Waals surface area (Å²) in [5, 5.41) is 10.8. The molecular formula is C23H32N2O3. The summed E-state index contributed by atoms with van der Waals surface area (Å²) >= 11 is 0. The Morgan fingerprint density at radius 1 is 1.29 bits per heavy atom. The number of hydrogen-bond donors (Lipinski definition) is 1. The Bertz CT molecular complexity index is 790. The minimum Gasteiger partial charge on any atom is -0.488 e. The first-order chi connectivity index (χ1) is 13.6. The van der Waals surface area contributed by atoms with Crippen molar-refractivity contribution < 1.29 is 14.6 Å². The van der Waals surface area contributed by atoms with Gasteiger partial charge in [-0.25, -0.2) is 0 Å². The highest BCUT2D eigenvalue weighted by Crippen LogP contribution is 2.62. The van der Waals surface area contributed by atoms with Crippen molar-refractivity contribution >= 4 is 0 Å². The third-order valence-electron chi connectivity index (χ3n) is 7.69. The fourth-order valence-corrected chi connectivity index (χ4v) is 6.17. The fourth-order valence-electron chi connectivity index (χ4n) is 6.17. The van der Waals surface area contributed by atoms with E-state index in [0.717, 1.165) is 50.5 Å². The van der Waals surface area contributed by atoms with Crippen molar-refractivity contribution in [2.45, 2.75) is 50.4 Å². The SMILES string of the molecule is CCN(CC)CCOc1ccc2c3c1O[C@H]1[C@@H](O)C=C[C@H]4[C@@H](C2)N(C)CC[C@@]341. The van der Waals surface area contributed by atoms with Gasteiger partial charge in [-0.3, -0.25) is 0 Å². The van der Waals surface area contributed by atoms with E-state index in [1.807, 2.05) is 6.08 Å².